The Kier molecular flexibility index (Phi) is 9.50. The zero-order valence-corrected chi connectivity index (χ0v) is 24.1. The number of hydrogen-bond acceptors (Lipinski definition) is 5. The van der Waals surface area contributed by atoms with Gasteiger partial charge in [-0.2, -0.15) is 26.3 Å². The van der Waals surface area contributed by atoms with Gasteiger partial charge in [-0.3, -0.25) is 15.0 Å². The third kappa shape index (κ3) is 6.86. The van der Waals surface area contributed by atoms with Crippen LogP contribution in [0.4, 0.5) is 26.3 Å². The second-order valence-corrected chi connectivity index (χ2v) is 11.5. The second-order valence-electron chi connectivity index (χ2n) is 11.5. The number of ketones is 1. The van der Waals surface area contributed by atoms with Gasteiger partial charge in [-0.05, 0) is 47.7 Å². The standard InChI is InChI=1S/C33H35F6N3O2/c34-32(35,36)22-40-30(44)31(26-12-4-1-9-23(26)24-10-2-5-13-27(24)31)15-7-8-16-41-17-19-42(20-18-41)21-29(43)25-11-3-6-14-28(25)33(37,38)39/h1-6,9-14,30,40,44H,7-8,15-22H2. The number of rotatable bonds is 11. The Labute approximate surface area is 252 Å². The molecule has 1 aliphatic heterocycles. The molecule has 0 radical (unpaired) electrons. The number of nitrogens with zero attached hydrogens (tertiary/aromatic N) is 2. The van der Waals surface area contributed by atoms with E-state index in [-0.39, 0.29) is 12.1 Å². The minimum Gasteiger partial charge on any atom is -0.377 e. The number of hydrogen-bond donors (Lipinski definition) is 2. The molecule has 0 bridgehead atoms. The van der Waals surface area contributed by atoms with Crippen LogP contribution in [0.3, 0.4) is 0 Å². The third-order valence-electron chi connectivity index (χ3n) is 8.73. The molecule has 236 valence electrons. The average molecular weight is 620 g/mol. The molecule has 0 saturated carbocycles. The van der Waals surface area contributed by atoms with Crippen LogP contribution in [0, 0.1) is 0 Å². The lowest BCUT2D eigenvalue weighted by molar-refractivity contribution is -0.138. The van der Waals surface area contributed by atoms with Gasteiger partial charge in [0.1, 0.15) is 6.23 Å². The molecule has 3 aromatic rings. The molecule has 11 heteroatoms. The molecule has 2 N–H and O–H groups in total. The number of benzene rings is 3. The lowest BCUT2D eigenvalue weighted by Gasteiger charge is -2.38. The Balaban J connectivity index is 1.19. The number of aliphatic hydroxyl groups is 1. The molecule has 5 rings (SSSR count). The number of carbonyl (C=O) groups is 1. The van der Waals surface area contributed by atoms with Crippen molar-refractivity contribution in [3.63, 3.8) is 0 Å². The SMILES string of the molecule is O=C(CN1CCN(CCCCC2(C(O)NCC(F)(F)F)c3ccccc3-c3ccccc32)CC1)c1ccccc1C(F)(F)F. The van der Waals surface area contributed by atoms with Crippen LogP contribution in [-0.4, -0.2) is 78.9 Å². The molecule has 2 aliphatic rings. The van der Waals surface area contributed by atoms with Crippen molar-refractivity contribution < 1.29 is 36.2 Å². The topological polar surface area (TPSA) is 55.8 Å². The molecule has 5 nitrogen and oxygen atoms in total. The lowest BCUT2D eigenvalue weighted by atomic mass is 9.72. The van der Waals surface area contributed by atoms with Crippen molar-refractivity contribution >= 4 is 5.78 Å². The number of unbranched alkanes of at least 4 members (excludes halogenated alkanes) is 1. The normalized spacial score (nSPS) is 17.7. The van der Waals surface area contributed by atoms with Crippen molar-refractivity contribution in [1.29, 1.82) is 0 Å². The number of aliphatic hydroxyl groups excluding tert-OH is 1. The molecule has 44 heavy (non-hydrogen) atoms. The zero-order chi connectivity index (χ0) is 31.5. The van der Waals surface area contributed by atoms with Crippen molar-refractivity contribution in [1.82, 2.24) is 15.1 Å². The zero-order valence-electron chi connectivity index (χ0n) is 24.1. The highest BCUT2D eigenvalue weighted by molar-refractivity contribution is 5.99. The van der Waals surface area contributed by atoms with Crippen LogP contribution in [0.1, 0.15) is 46.3 Å². The maximum Gasteiger partial charge on any atom is 0.417 e. The monoisotopic (exact) mass is 619 g/mol. The van der Waals surface area contributed by atoms with E-state index in [9.17, 15) is 36.2 Å². The average Bonchev–Trinajstić information content (AvgIpc) is 3.29. The number of fused-ring (bicyclic) bond motifs is 3. The summed E-state index contributed by atoms with van der Waals surface area (Å²) in [7, 11) is 0. The van der Waals surface area contributed by atoms with E-state index >= 15 is 0 Å². The Morgan fingerprint density at radius 1 is 0.795 bits per heavy atom. The Bertz CT molecular complexity index is 1400. The van der Waals surface area contributed by atoms with E-state index in [1.165, 1.54) is 18.2 Å². The Morgan fingerprint density at radius 2 is 1.34 bits per heavy atom. The number of Topliss-reactive ketones (excluding diaryl/α,β-unsaturated/α-hetero) is 1. The highest BCUT2D eigenvalue weighted by Crippen LogP contribution is 2.52. The molecule has 0 spiro atoms. The van der Waals surface area contributed by atoms with E-state index in [0.29, 0.717) is 45.6 Å². The van der Waals surface area contributed by atoms with Crippen LogP contribution >= 0.6 is 0 Å². The van der Waals surface area contributed by atoms with Gasteiger partial charge in [0.2, 0.25) is 0 Å². The summed E-state index contributed by atoms with van der Waals surface area (Å²) in [6.07, 6.45) is -8.74. The smallest absolute Gasteiger partial charge is 0.377 e. The van der Waals surface area contributed by atoms with Gasteiger partial charge in [-0.15, -0.1) is 0 Å². The van der Waals surface area contributed by atoms with E-state index in [1.807, 2.05) is 53.4 Å². The van der Waals surface area contributed by atoms with Crippen molar-refractivity contribution in [2.75, 3.05) is 45.8 Å². The predicted molar refractivity (Wildman–Crippen MR) is 155 cm³/mol. The fraction of sp³-hybridized carbons (Fsp3) is 0.424. The molecule has 0 amide bonds. The number of halogens is 6. The molecule has 3 aromatic carbocycles. The first-order chi connectivity index (χ1) is 20.9. The summed E-state index contributed by atoms with van der Waals surface area (Å²) in [5.41, 5.74) is 1.11. The van der Waals surface area contributed by atoms with Crippen molar-refractivity contribution in [2.24, 2.45) is 0 Å². The van der Waals surface area contributed by atoms with Gasteiger partial charge in [-0.1, -0.05) is 73.2 Å². The van der Waals surface area contributed by atoms with Gasteiger partial charge in [0.15, 0.2) is 5.78 Å². The molecular formula is C33H35F6N3O2. The minimum absolute atomic E-state index is 0.0922. The summed E-state index contributed by atoms with van der Waals surface area (Å²) in [6.45, 7) is 1.65. The highest BCUT2D eigenvalue weighted by atomic mass is 19.4. The fourth-order valence-corrected chi connectivity index (χ4v) is 6.62. The first-order valence-electron chi connectivity index (χ1n) is 14.7. The number of alkyl halides is 6. The van der Waals surface area contributed by atoms with Crippen LogP contribution in [0.5, 0.6) is 0 Å². The number of nitrogens with one attached hydrogen (secondary N) is 1. The van der Waals surface area contributed by atoms with Gasteiger partial charge in [0.25, 0.3) is 0 Å². The van der Waals surface area contributed by atoms with Gasteiger partial charge < -0.3 is 10.0 Å². The first kappa shape index (κ1) is 32.2. The molecule has 1 fully saturated rings. The Hall–Kier alpha value is -3.25. The van der Waals surface area contributed by atoms with Crippen LogP contribution in [-0.2, 0) is 11.6 Å². The predicted octanol–water partition coefficient (Wildman–Crippen LogP) is 6.11. The quantitative estimate of drug-likeness (QED) is 0.117. The summed E-state index contributed by atoms with van der Waals surface area (Å²) in [5, 5.41) is 13.7. The summed E-state index contributed by atoms with van der Waals surface area (Å²) in [6, 6.07) is 19.9. The van der Waals surface area contributed by atoms with Crippen molar-refractivity contribution in [3.05, 3.63) is 95.1 Å². The summed E-state index contributed by atoms with van der Waals surface area (Å²) < 4.78 is 79.5. The van der Waals surface area contributed by atoms with Crippen LogP contribution in [0.25, 0.3) is 11.1 Å². The van der Waals surface area contributed by atoms with Crippen LogP contribution in [0.2, 0.25) is 0 Å². The van der Waals surface area contributed by atoms with E-state index in [2.05, 4.69) is 10.2 Å². The van der Waals surface area contributed by atoms with E-state index in [0.717, 1.165) is 34.7 Å². The molecule has 1 aliphatic carbocycles. The van der Waals surface area contributed by atoms with Gasteiger partial charge in [0.05, 0.1) is 24.1 Å². The molecule has 1 unspecified atom stereocenters. The van der Waals surface area contributed by atoms with Crippen molar-refractivity contribution in [2.45, 2.75) is 43.3 Å². The lowest BCUT2D eigenvalue weighted by Crippen LogP contribution is -2.51. The van der Waals surface area contributed by atoms with Gasteiger partial charge in [-0.25, -0.2) is 0 Å². The van der Waals surface area contributed by atoms with Gasteiger partial charge in [0, 0.05) is 31.7 Å². The van der Waals surface area contributed by atoms with E-state index < -0.39 is 41.9 Å². The van der Waals surface area contributed by atoms with E-state index in [1.54, 1.807) is 0 Å². The number of piperazine rings is 1. The molecule has 0 aromatic heterocycles. The largest absolute Gasteiger partial charge is 0.417 e. The minimum atomic E-state index is -4.60. The first-order valence-corrected chi connectivity index (χ1v) is 14.7. The fourth-order valence-electron chi connectivity index (χ4n) is 6.62. The maximum absolute atomic E-state index is 13.3. The Morgan fingerprint density at radius 3 is 1.93 bits per heavy atom. The van der Waals surface area contributed by atoms with Crippen LogP contribution in [0.15, 0.2) is 72.8 Å². The van der Waals surface area contributed by atoms with Crippen molar-refractivity contribution in [3.8, 4) is 11.1 Å². The summed E-state index contributed by atoms with van der Waals surface area (Å²) in [4.78, 5) is 16.8. The van der Waals surface area contributed by atoms with Crippen LogP contribution < -0.4 is 5.32 Å². The number of carbonyl (C=O) groups excluding carboxylic acids is 1. The summed E-state index contributed by atoms with van der Waals surface area (Å²) >= 11 is 0. The molecule has 1 atom stereocenters. The maximum atomic E-state index is 13.3. The van der Waals surface area contributed by atoms with Gasteiger partial charge >= 0.3 is 12.4 Å². The highest BCUT2D eigenvalue weighted by Gasteiger charge is 2.48. The second kappa shape index (κ2) is 13.0. The molecular weight excluding hydrogens is 584 g/mol. The third-order valence-corrected chi connectivity index (χ3v) is 8.73. The summed E-state index contributed by atoms with van der Waals surface area (Å²) in [5.74, 6) is -0.563. The molecule has 1 heterocycles. The van der Waals surface area contributed by atoms with E-state index in [4.69, 9.17) is 0 Å². The molecule has 1 saturated heterocycles.